The van der Waals surface area contributed by atoms with Crippen LogP contribution >= 0.6 is 0 Å². The van der Waals surface area contributed by atoms with Gasteiger partial charge in [-0.2, -0.15) is 13.2 Å². The highest BCUT2D eigenvalue weighted by atomic mass is 19.4. The lowest BCUT2D eigenvalue weighted by Crippen LogP contribution is -2.23. The summed E-state index contributed by atoms with van der Waals surface area (Å²) in [5.74, 6) is -1.17. The lowest BCUT2D eigenvalue weighted by Gasteiger charge is -2.26. The number of nitrogens with two attached hydrogens (primary N) is 1. The molecule has 1 atom stereocenters. The summed E-state index contributed by atoms with van der Waals surface area (Å²) in [5, 5.41) is 0. The molecule has 0 saturated heterocycles. The van der Waals surface area contributed by atoms with Crippen molar-refractivity contribution in [1.29, 1.82) is 0 Å². The van der Waals surface area contributed by atoms with Crippen molar-refractivity contribution in [2.24, 2.45) is 0 Å². The summed E-state index contributed by atoms with van der Waals surface area (Å²) in [6.07, 6.45) is -4.21. The molecule has 5 nitrogen and oxygen atoms in total. The van der Waals surface area contributed by atoms with E-state index in [2.05, 4.69) is 15.0 Å². The molecule has 0 saturated carbocycles. The normalized spacial score (nSPS) is 16.4. The number of hydrogen-bond acceptors (Lipinski definition) is 5. The Morgan fingerprint density at radius 2 is 1.83 bits per heavy atom. The maximum Gasteiger partial charge on any atom is 0.433 e. The molecule has 0 amide bonds. The van der Waals surface area contributed by atoms with Crippen LogP contribution in [0.1, 0.15) is 45.3 Å². The molecular formula is C21H16F4N4O. The van der Waals surface area contributed by atoms with Crippen LogP contribution in [0.5, 0.6) is 0 Å². The Hall–Kier alpha value is -3.36. The molecule has 2 aromatic heterocycles. The molecule has 0 radical (unpaired) electrons. The number of carbonyl (C=O) groups excluding carboxylic acids is 1. The van der Waals surface area contributed by atoms with Gasteiger partial charge in [-0.1, -0.05) is 12.1 Å². The number of nitrogen functional groups attached to an aromatic ring is 1. The van der Waals surface area contributed by atoms with Gasteiger partial charge in [-0.15, -0.1) is 0 Å². The van der Waals surface area contributed by atoms with Gasteiger partial charge in [0.15, 0.2) is 5.78 Å². The number of Topliss-reactive ketones (excluding diaryl/α,β-unsaturated/α-hetero) is 1. The van der Waals surface area contributed by atoms with Crippen molar-refractivity contribution in [3.05, 3.63) is 70.4 Å². The number of pyridine rings is 1. The van der Waals surface area contributed by atoms with Crippen LogP contribution in [0.4, 0.5) is 23.5 Å². The van der Waals surface area contributed by atoms with Gasteiger partial charge < -0.3 is 5.73 Å². The smallest absolute Gasteiger partial charge is 0.368 e. The lowest BCUT2D eigenvalue weighted by atomic mass is 9.79. The summed E-state index contributed by atoms with van der Waals surface area (Å²) in [6, 6.07) is 7.29. The molecule has 2 N–H and O–H groups in total. The van der Waals surface area contributed by atoms with Crippen LogP contribution < -0.4 is 5.73 Å². The Morgan fingerprint density at radius 1 is 1.07 bits per heavy atom. The summed E-state index contributed by atoms with van der Waals surface area (Å²) in [7, 11) is 0. The van der Waals surface area contributed by atoms with E-state index in [1.165, 1.54) is 24.3 Å². The molecule has 1 unspecified atom stereocenters. The number of halogens is 4. The van der Waals surface area contributed by atoms with Crippen molar-refractivity contribution in [3.63, 3.8) is 0 Å². The van der Waals surface area contributed by atoms with Gasteiger partial charge in [0, 0.05) is 12.0 Å². The SMILES string of the molecule is Cc1nc(N)nc2c1C(=O)CC(c1ccc(F)cc1-c1cccc(C(F)(F)F)n1)C2. The third-order valence-electron chi connectivity index (χ3n) is 5.10. The number of fused-ring (bicyclic) bond motifs is 1. The molecule has 1 aromatic carbocycles. The topological polar surface area (TPSA) is 81.8 Å². The lowest BCUT2D eigenvalue weighted by molar-refractivity contribution is -0.141. The van der Waals surface area contributed by atoms with Gasteiger partial charge in [0.1, 0.15) is 11.5 Å². The minimum absolute atomic E-state index is 0.0176. The third kappa shape index (κ3) is 3.62. The summed E-state index contributed by atoms with van der Waals surface area (Å²) >= 11 is 0. The van der Waals surface area contributed by atoms with Crippen molar-refractivity contribution in [2.75, 3.05) is 5.73 Å². The van der Waals surface area contributed by atoms with Crippen LogP contribution in [0.2, 0.25) is 0 Å². The Labute approximate surface area is 169 Å². The zero-order chi connectivity index (χ0) is 21.6. The number of nitrogens with zero attached hydrogens (tertiary/aromatic N) is 3. The number of hydrogen-bond donors (Lipinski definition) is 1. The third-order valence-corrected chi connectivity index (χ3v) is 5.10. The fraction of sp³-hybridized carbons (Fsp3) is 0.238. The predicted octanol–water partition coefficient (Wildman–Crippen LogP) is 4.50. The van der Waals surface area contributed by atoms with Crippen molar-refractivity contribution in [3.8, 4) is 11.3 Å². The average molecular weight is 416 g/mol. The number of ketones is 1. The van der Waals surface area contributed by atoms with Crippen molar-refractivity contribution < 1.29 is 22.4 Å². The largest absolute Gasteiger partial charge is 0.433 e. The number of rotatable bonds is 2. The highest BCUT2D eigenvalue weighted by Gasteiger charge is 2.34. The number of aryl methyl sites for hydroxylation is 1. The quantitative estimate of drug-likeness (QED) is 0.622. The molecule has 4 rings (SSSR count). The van der Waals surface area contributed by atoms with E-state index >= 15 is 0 Å². The van der Waals surface area contributed by atoms with E-state index < -0.39 is 23.6 Å². The van der Waals surface area contributed by atoms with Crippen LogP contribution in [0.15, 0.2) is 36.4 Å². The Kier molecular flexibility index (Phi) is 4.76. The first-order chi connectivity index (χ1) is 14.1. The van der Waals surface area contributed by atoms with Gasteiger partial charge >= 0.3 is 6.18 Å². The van der Waals surface area contributed by atoms with Gasteiger partial charge in [0.25, 0.3) is 0 Å². The van der Waals surface area contributed by atoms with E-state index in [0.717, 1.165) is 12.1 Å². The van der Waals surface area contributed by atoms with Gasteiger partial charge in [0.05, 0.1) is 22.6 Å². The molecule has 0 spiro atoms. The molecule has 0 fully saturated rings. The number of aromatic nitrogens is 3. The summed E-state index contributed by atoms with van der Waals surface area (Å²) in [4.78, 5) is 24.6. The van der Waals surface area contributed by atoms with Gasteiger partial charge in [0.2, 0.25) is 5.95 Å². The molecule has 154 valence electrons. The highest BCUT2D eigenvalue weighted by Crippen LogP contribution is 2.38. The van der Waals surface area contributed by atoms with Crippen molar-refractivity contribution in [1.82, 2.24) is 15.0 Å². The zero-order valence-corrected chi connectivity index (χ0v) is 15.8. The number of carbonyl (C=O) groups is 1. The van der Waals surface area contributed by atoms with Crippen LogP contribution in [-0.4, -0.2) is 20.7 Å². The van der Waals surface area contributed by atoms with E-state index in [4.69, 9.17) is 5.73 Å². The molecular weight excluding hydrogens is 400 g/mol. The van der Waals surface area contributed by atoms with E-state index in [-0.39, 0.29) is 29.4 Å². The van der Waals surface area contributed by atoms with Crippen molar-refractivity contribution in [2.45, 2.75) is 31.9 Å². The summed E-state index contributed by atoms with van der Waals surface area (Å²) < 4.78 is 53.3. The zero-order valence-electron chi connectivity index (χ0n) is 15.8. The molecule has 0 bridgehead atoms. The molecule has 0 aliphatic heterocycles. The summed E-state index contributed by atoms with van der Waals surface area (Å²) in [5.41, 5.74) is 6.74. The molecule has 3 aromatic rings. The second-order valence-corrected chi connectivity index (χ2v) is 7.15. The van der Waals surface area contributed by atoms with E-state index in [1.54, 1.807) is 6.92 Å². The predicted molar refractivity (Wildman–Crippen MR) is 101 cm³/mol. The van der Waals surface area contributed by atoms with E-state index in [1.807, 2.05) is 0 Å². The molecule has 30 heavy (non-hydrogen) atoms. The Bertz CT molecular complexity index is 1160. The van der Waals surface area contributed by atoms with Crippen molar-refractivity contribution >= 4 is 11.7 Å². The minimum Gasteiger partial charge on any atom is -0.368 e. The highest BCUT2D eigenvalue weighted by molar-refractivity contribution is 6.00. The standard InChI is InChI=1S/C21H16F4N4O/c1-10-19-16(29-20(26)27-10)7-11(8-17(19)30)13-6-5-12(22)9-14(13)15-3-2-4-18(28-15)21(23,24)25/h2-6,9,11H,7-8H2,1H3,(H2,26,27,29). The number of anilines is 1. The fourth-order valence-corrected chi connectivity index (χ4v) is 3.87. The van der Waals surface area contributed by atoms with Gasteiger partial charge in [-0.05, 0) is 49.1 Å². The second kappa shape index (κ2) is 7.16. The fourth-order valence-electron chi connectivity index (χ4n) is 3.87. The monoisotopic (exact) mass is 416 g/mol. The summed E-state index contributed by atoms with van der Waals surface area (Å²) in [6.45, 7) is 1.67. The van der Waals surface area contributed by atoms with Crippen LogP contribution in [0.3, 0.4) is 0 Å². The molecule has 2 heterocycles. The van der Waals surface area contributed by atoms with Crippen LogP contribution in [0, 0.1) is 12.7 Å². The van der Waals surface area contributed by atoms with Crippen LogP contribution in [0.25, 0.3) is 11.3 Å². The minimum atomic E-state index is -4.63. The van der Waals surface area contributed by atoms with E-state index in [9.17, 15) is 22.4 Å². The number of alkyl halides is 3. The first kappa shape index (κ1) is 19.9. The maximum absolute atomic E-state index is 14.0. The Balaban J connectivity index is 1.81. The van der Waals surface area contributed by atoms with Crippen LogP contribution in [-0.2, 0) is 12.6 Å². The maximum atomic E-state index is 14.0. The second-order valence-electron chi connectivity index (χ2n) is 7.15. The molecule has 1 aliphatic carbocycles. The average Bonchev–Trinajstić information content (AvgIpc) is 2.66. The van der Waals surface area contributed by atoms with Gasteiger partial charge in [-0.3, -0.25) is 4.79 Å². The molecule has 9 heteroatoms. The van der Waals surface area contributed by atoms with E-state index in [0.29, 0.717) is 28.9 Å². The van der Waals surface area contributed by atoms with Gasteiger partial charge in [-0.25, -0.2) is 19.3 Å². The Morgan fingerprint density at radius 3 is 2.57 bits per heavy atom. The first-order valence-corrected chi connectivity index (χ1v) is 9.13. The number of benzene rings is 1. The first-order valence-electron chi connectivity index (χ1n) is 9.13. The molecule has 1 aliphatic rings.